The van der Waals surface area contributed by atoms with Crippen molar-refractivity contribution in [1.29, 1.82) is 0 Å². The Kier molecular flexibility index (Phi) is 5.59. The molecule has 0 spiro atoms. The molecule has 1 heteroatoms. The predicted octanol–water partition coefficient (Wildman–Crippen LogP) is 3.04. The van der Waals surface area contributed by atoms with E-state index >= 15 is 0 Å². The van der Waals surface area contributed by atoms with Crippen LogP contribution in [0, 0.1) is 0 Å². The van der Waals surface area contributed by atoms with Crippen LogP contribution in [0.2, 0.25) is 0 Å². The average Bonchev–Trinajstić information content (AvgIpc) is 2.22. The summed E-state index contributed by atoms with van der Waals surface area (Å²) in [4.78, 5) is 0. The molecule has 1 rings (SSSR count). The molecular formula is C12H21N. The fraction of sp³-hybridized carbons (Fsp3) is 0.667. The van der Waals surface area contributed by atoms with Crippen LogP contribution in [-0.2, 0) is 0 Å². The van der Waals surface area contributed by atoms with E-state index in [0.29, 0.717) is 0 Å². The highest BCUT2D eigenvalue weighted by Crippen LogP contribution is 2.07. The third kappa shape index (κ3) is 4.89. The number of nitrogens with one attached hydrogen (secondary N) is 1. The van der Waals surface area contributed by atoms with Crippen LogP contribution in [0.25, 0.3) is 0 Å². The van der Waals surface area contributed by atoms with Gasteiger partial charge >= 0.3 is 0 Å². The molecule has 74 valence electrons. The zero-order valence-corrected chi connectivity index (χ0v) is 8.68. The zero-order valence-electron chi connectivity index (χ0n) is 8.68. The Hall–Kier alpha value is -0.560. The molecule has 0 saturated heterocycles. The second-order valence-corrected chi connectivity index (χ2v) is 3.57. The van der Waals surface area contributed by atoms with Crippen molar-refractivity contribution in [3.05, 3.63) is 23.8 Å². The van der Waals surface area contributed by atoms with Gasteiger partial charge in [-0.25, -0.2) is 0 Å². The minimum atomic E-state index is 1.17. The first kappa shape index (κ1) is 10.5. The third-order valence-electron chi connectivity index (χ3n) is 2.43. The van der Waals surface area contributed by atoms with Crippen LogP contribution >= 0.6 is 0 Å². The standard InChI is InChI=1S/C12H21N/c1-2-12-8-4-3-6-10-13-11-7-5-9-12/h4,8-9,13H,2-3,5-7,10-11H2,1H3/b8-4-,12-9-. The summed E-state index contributed by atoms with van der Waals surface area (Å²) in [6, 6.07) is 0. The predicted molar refractivity (Wildman–Crippen MR) is 58.9 cm³/mol. The second-order valence-electron chi connectivity index (χ2n) is 3.57. The lowest BCUT2D eigenvalue weighted by atomic mass is 10.1. The average molecular weight is 179 g/mol. The second kappa shape index (κ2) is 6.90. The molecule has 0 aliphatic carbocycles. The fourth-order valence-electron chi connectivity index (χ4n) is 1.55. The van der Waals surface area contributed by atoms with Crippen LogP contribution in [0.4, 0.5) is 0 Å². The van der Waals surface area contributed by atoms with Gasteiger partial charge in [0.25, 0.3) is 0 Å². The Morgan fingerprint density at radius 1 is 1.23 bits per heavy atom. The summed E-state index contributed by atoms with van der Waals surface area (Å²) in [7, 11) is 0. The van der Waals surface area contributed by atoms with Gasteiger partial charge in [0.1, 0.15) is 0 Å². The molecule has 0 radical (unpaired) electrons. The maximum Gasteiger partial charge on any atom is -0.00460 e. The molecule has 0 fully saturated rings. The smallest absolute Gasteiger partial charge is 0.00460 e. The molecule has 0 bridgehead atoms. The van der Waals surface area contributed by atoms with Crippen LogP contribution in [-0.4, -0.2) is 13.1 Å². The summed E-state index contributed by atoms with van der Waals surface area (Å²) >= 11 is 0. The lowest BCUT2D eigenvalue weighted by Gasteiger charge is -2.00. The van der Waals surface area contributed by atoms with Crippen LogP contribution in [0.5, 0.6) is 0 Å². The molecule has 0 unspecified atom stereocenters. The Bertz CT molecular complexity index is 180. The lowest BCUT2D eigenvalue weighted by Crippen LogP contribution is -2.16. The molecule has 0 aromatic carbocycles. The maximum atomic E-state index is 3.45. The van der Waals surface area contributed by atoms with Crippen LogP contribution in [0.15, 0.2) is 23.8 Å². The molecular weight excluding hydrogens is 158 g/mol. The molecule has 1 N–H and O–H groups in total. The first-order valence-corrected chi connectivity index (χ1v) is 5.49. The number of hydrogen-bond donors (Lipinski definition) is 1. The van der Waals surface area contributed by atoms with Gasteiger partial charge in [0.2, 0.25) is 0 Å². The van der Waals surface area contributed by atoms with Gasteiger partial charge in [-0.3, -0.25) is 0 Å². The van der Waals surface area contributed by atoms with Crippen LogP contribution in [0.1, 0.15) is 39.0 Å². The first-order chi connectivity index (χ1) is 6.43. The van der Waals surface area contributed by atoms with Gasteiger partial charge in [0.05, 0.1) is 0 Å². The van der Waals surface area contributed by atoms with E-state index in [0.717, 1.165) is 0 Å². The van der Waals surface area contributed by atoms with Gasteiger partial charge in [-0.1, -0.05) is 30.7 Å². The van der Waals surface area contributed by atoms with Gasteiger partial charge in [-0.15, -0.1) is 0 Å². The van der Waals surface area contributed by atoms with Gasteiger partial charge in [-0.05, 0) is 45.2 Å². The van der Waals surface area contributed by atoms with Crippen molar-refractivity contribution in [1.82, 2.24) is 5.32 Å². The van der Waals surface area contributed by atoms with E-state index in [-0.39, 0.29) is 0 Å². The molecule has 0 saturated carbocycles. The van der Waals surface area contributed by atoms with Crippen molar-refractivity contribution >= 4 is 0 Å². The fourth-order valence-corrected chi connectivity index (χ4v) is 1.55. The highest BCUT2D eigenvalue weighted by atomic mass is 14.8. The number of allylic oxidation sites excluding steroid dienone is 4. The van der Waals surface area contributed by atoms with E-state index < -0.39 is 0 Å². The van der Waals surface area contributed by atoms with Crippen LogP contribution < -0.4 is 5.32 Å². The van der Waals surface area contributed by atoms with Gasteiger partial charge in [0, 0.05) is 0 Å². The lowest BCUT2D eigenvalue weighted by molar-refractivity contribution is 0.631. The van der Waals surface area contributed by atoms with Gasteiger partial charge < -0.3 is 5.32 Å². The Morgan fingerprint density at radius 2 is 2.00 bits per heavy atom. The van der Waals surface area contributed by atoms with E-state index in [2.05, 4.69) is 30.5 Å². The normalized spacial score (nSPS) is 27.0. The summed E-state index contributed by atoms with van der Waals surface area (Å²) in [5.74, 6) is 0. The monoisotopic (exact) mass is 179 g/mol. The molecule has 1 heterocycles. The van der Waals surface area contributed by atoms with Gasteiger partial charge in [0.15, 0.2) is 0 Å². The highest BCUT2D eigenvalue weighted by Gasteiger charge is 1.92. The Labute approximate surface area is 81.9 Å². The SMILES string of the molecule is CCC1=C/CCCNCCC/C=C\1. The van der Waals surface area contributed by atoms with Crippen LogP contribution in [0.3, 0.4) is 0 Å². The molecule has 0 atom stereocenters. The summed E-state index contributed by atoms with van der Waals surface area (Å²) in [5, 5.41) is 3.45. The van der Waals surface area contributed by atoms with Crippen molar-refractivity contribution in [3.8, 4) is 0 Å². The van der Waals surface area contributed by atoms with Crippen molar-refractivity contribution in [2.45, 2.75) is 39.0 Å². The maximum absolute atomic E-state index is 3.45. The molecule has 1 aliphatic heterocycles. The summed E-state index contributed by atoms with van der Waals surface area (Å²) in [5.41, 5.74) is 1.50. The summed E-state index contributed by atoms with van der Waals surface area (Å²) in [6.07, 6.45) is 13.1. The van der Waals surface area contributed by atoms with Gasteiger partial charge in [-0.2, -0.15) is 0 Å². The van der Waals surface area contributed by atoms with E-state index in [1.54, 1.807) is 0 Å². The highest BCUT2D eigenvalue weighted by molar-refractivity contribution is 5.18. The minimum absolute atomic E-state index is 1.17. The largest absolute Gasteiger partial charge is 0.317 e. The first-order valence-electron chi connectivity index (χ1n) is 5.49. The molecule has 13 heavy (non-hydrogen) atoms. The summed E-state index contributed by atoms with van der Waals surface area (Å²) < 4.78 is 0. The number of rotatable bonds is 1. The molecule has 1 aliphatic rings. The van der Waals surface area contributed by atoms with E-state index in [4.69, 9.17) is 0 Å². The quantitative estimate of drug-likeness (QED) is 0.652. The zero-order chi connectivity index (χ0) is 9.36. The third-order valence-corrected chi connectivity index (χ3v) is 2.43. The van der Waals surface area contributed by atoms with Crippen molar-refractivity contribution in [2.24, 2.45) is 0 Å². The minimum Gasteiger partial charge on any atom is -0.317 e. The molecule has 0 amide bonds. The summed E-state index contributed by atoms with van der Waals surface area (Å²) in [6.45, 7) is 4.58. The van der Waals surface area contributed by atoms with Crippen molar-refractivity contribution < 1.29 is 0 Å². The molecule has 0 aromatic rings. The van der Waals surface area contributed by atoms with Crippen molar-refractivity contribution in [3.63, 3.8) is 0 Å². The molecule has 1 nitrogen and oxygen atoms in total. The van der Waals surface area contributed by atoms with E-state index in [9.17, 15) is 0 Å². The Morgan fingerprint density at radius 3 is 2.77 bits per heavy atom. The van der Waals surface area contributed by atoms with E-state index in [1.165, 1.54) is 50.8 Å². The number of hydrogen-bond acceptors (Lipinski definition) is 1. The molecule has 0 aromatic heterocycles. The topological polar surface area (TPSA) is 12.0 Å². The Balaban J connectivity index is 2.43. The van der Waals surface area contributed by atoms with E-state index in [1.807, 2.05) is 0 Å². The van der Waals surface area contributed by atoms with Crippen molar-refractivity contribution in [2.75, 3.05) is 13.1 Å².